The third-order valence-electron chi connectivity index (χ3n) is 4.55. The van der Waals surface area contributed by atoms with Gasteiger partial charge in [0.2, 0.25) is 0 Å². The minimum atomic E-state index is -2.29. The summed E-state index contributed by atoms with van der Waals surface area (Å²) in [6, 6.07) is 0. The third-order valence-corrected chi connectivity index (χ3v) is 5.20. The van der Waals surface area contributed by atoms with Gasteiger partial charge in [-0.25, -0.2) is 4.21 Å². The maximum atomic E-state index is 12.3. The van der Waals surface area contributed by atoms with Gasteiger partial charge in [0.05, 0.1) is 18.4 Å². The van der Waals surface area contributed by atoms with Gasteiger partial charge in [0.1, 0.15) is 6.10 Å². The van der Waals surface area contributed by atoms with E-state index in [1.807, 2.05) is 0 Å². The van der Waals surface area contributed by atoms with Gasteiger partial charge in [-0.15, -0.1) is 4.36 Å². The van der Waals surface area contributed by atoms with Gasteiger partial charge in [-0.1, -0.05) is 0 Å². The third kappa shape index (κ3) is 2.18. The number of ether oxygens (including phenoxy) is 1. The molecule has 0 N–H and O–H groups in total. The molecule has 2 saturated heterocycles. The highest BCUT2D eigenvalue weighted by Crippen LogP contribution is 2.55. The summed E-state index contributed by atoms with van der Waals surface area (Å²) in [5.41, 5.74) is -0.661. The summed E-state index contributed by atoms with van der Waals surface area (Å²) in [6.07, 6.45) is 3.19. The molecule has 4 fully saturated rings. The van der Waals surface area contributed by atoms with Crippen molar-refractivity contribution in [3.05, 3.63) is 0 Å². The Hall–Kier alpha value is -0.950. The van der Waals surface area contributed by atoms with E-state index in [0.717, 1.165) is 19.3 Å². The minimum Gasteiger partial charge on any atom is -0.462 e. The molecule has 0 aromatic rings. The molecule has 5 unspecified atom stereocenters. The Kier molecular flexibility index (Phi) is 3.13. The zero-order valence-electron chi connectivity index (χ0n) is 10.7. The van der Waals surface area contributed by atoms with Crippen molar-refractivity contribution >= 4 is 22.8 Å². The highest BCUT2D eigenvalue weighted by molar-refractivity contribution is 7.70. The predicted molar refractivity (Wildman–Crippen MR) is 66.4 cm³/mol. The van der Waals surface area contributed by atoms with Crippen molar-refractivity contribution in [2.75, 3.05) is 7.11 Å². The van der Waals surface area contributed by atoms with Crippen LogP contribution in [-0.2, 0) is 29.4 Å². The molecule has 2 saturated carbocycles. The van der Waals surface area contributed by atoms with Gasteiger partial charge >= 0.3 is 5.97 Å². The first-order valence-corrected chi connectivity index (χ1v) is 7.63. The van der Waals surface area contributed by atoms with Gasteiger partial charge in [-0.2, -0.15) is 0 Å². The lowest BCUT2D eigenvalue weighted by atomic mass is 9.58. The molecule has 4 rings (SSSR count). The number of hydrogen-bond donors (Lipinski definition) is 1. The van der Waals surface area contributed by atoms with E-state index >= 15 is 0 Å². The van der Waals surface area contributed by atoms with Crippen molar-refractivity contribution in [2.24, 2.45) is 21.6 Å². The molecule has 0 radical (unpaired) electrons. The van der Waals surface area contributed by atoms with Crippen molar-refractivity contribution in [1.82, 2.24) is 0 Å². The van der Waals surface area contributed by atoms with E-state index in [4.69, 9.17) is 4.74 Å². The molecular weight excluding hydrogens is 270 g/mol. The summed E-state index contributed by atoms with van der Waals surface area (Å²) in [5, 5.41) is 0. The molecule has 0 aromatic carbocycles. The molecular formula is C12H17NO5S. The van der Waals surface area contributed by atoms with E-state index in [2.05, 4.69) is 8.55 Å². The summed E-state index contributed by atoms with van der Waals surface area (Å²) in [7, 11) is -1.03. The predicted octanol–water partition coefficient (Wildman–Crippen LogP) is 0.861. The average molecular weight is 287 g/mol. The van der Waals surface area contributed by atoms with Crippen LogP contribution < -0.4 is 0 Å². The fraction of sp³-hybridized carbons (Fsp3) is 0.833. The maximum Gasteiger partial charge on any atom is 0.309 e. The molecule has 5 atom stereocenters. The summed E-state index contributed by atoms with van der Waals surface area (Å²) < 4.78 is 24.9. The summed E-state index contributed by atoms with van der Waals surface area (Å²) in [5.74, 6) is -0.430. The van der Waals surface area contributed by atoms with E-state index < -0.39 is 16.3 Å². The molecule has 2 heterocycles. The second-order valence-electron chi connectivity index (χ2n) is 5.81. The lowest BCUT2D eigenvalue weighted by molar-refractivity contribution is -0.151. The fourth-order valence-corrected chi connectivity index (χ4v) is 4.37. The second-order valence-corrected chi connectivity index (χ2v) is 6.85. The Morgan fingerprint density at radius 1 is 1.42 bits per heavy atom. The topological polar surface area (TPSA) is 82.0 Å². The van der Waals surface area contributed by atoms with Crippen LogP contribution in [0, 0.1) is 17.3 Å². The number of thiol groups is 1. The lowest BCUT2D eigenvalue weighted by Gasteiger charge is -2.43. The molecule has 19 heavy (non-hydrogen) atoms. The van der Waals surface area contributed by atoms with Crippen molar-refractivity contribution in [2.45, 2.75) is 38.2 Å². The van der Waals surface area contributed by atoms with Gasteiger partial charge in [0.15, 0.2) is 10.9 Å². The molecule has 2 aliphatic carbocycles. The first-order chi connectivity index (χ1) is 9.02. The van der Waals surface area contributed by atoms with Gasteiger partial charge in [0.25, 0.3) is 5.91 Å². The van der Waals surface area contributed by atoms with Gasteiger partial charge in [-0.3, -0.25) is 13.8 Å². The van der Waals surface area contributed by atoms with Crippen LogP contribution in [0.1, 0.15) is 32.1 Å². The van der Waals surface area contributed by atoms with Gasteiger partial charge in [-0.05, 0) is 38.0 Å². The number of fused-ring (bicyclic) bond motifs is 1. The maximum absolute atomic E-state index is 12.3. The Balaban J connectivity index is 1.94. The van der Waals surface area contributed by atoms with Crippen LogP contribution >= 0.6 is 0 Å². The molecule has 4 bridgehead atoms. The smallest absolute Gasteiger partial charge is 0.309 e. The average Bonchev–Trinajstić information content (AvgIpc) is 2.52. The highest BCUT2D eigenvalue weighted by Gasteiger charge is 2.56. The van der Waals surface area contributed by atoms with Crippen LogP contribution in [0.3, 0.4) is 0 Å². The molecule has 106 valence electrons. The summed E-state index contributed by atoms with van der Waals surface area (Å²) >= 11 is 0. The molecule has 6 nitrogen and oxygen atoms in total. The molecule has 1 amide bonds. The monoisotopic (exact) mass is 287 g/mol. The van der Waals surface area contributed by atoms with E-state index in [9.17, 15) is 13.8 Å². The van der Waals surface area contributed by atoms with Crippen LogP contribution in [0.4, 0.5) is 0 Å². The minimum absolute atomic E-state index is 0.182. The molecule has 0 aromatic heterocycles. The Morgan fingerprint density at radius 2 is 2.21 bits per heavy atom. The molecule has 2 aliphatic heterocycles. The van der Waals surface area contributed by atoms with Crippen LogP contribution in [0.5, 0.6) is 0 Å². The van der Waals surface area contributed by atoms with E-state index in [1.165, 1.54) is 7.11 Å². The van der Waals surface area contributed by atoms with E-state index in [-0.39, 0.29) is 23.9 Å². The number of hydrogen-bond acceptors (Lipinski definition) is 5. The fourth-order valence-electron chi connectivity index (χ4n) is 3.93. The number of rotatable bonds is 2. The Bertz CT molecular complexity index is 512. The van der Waals surface area contributed by atoms with Crippen molar-refractivity contribution in [3.63, 3.8) is 0 Å². The molecule has 7 heteroatoms. The quantitative estimate of drug-likeness (QED) is 0.602. The first-order valence-electron chi connectivity index (χ1n) is 6.50. The van der Waals surface area contributed by atoms with Crippen LogP contribution in [0.2, 0.25) is 0 Å². The SMILES string of the molecule is CO[SH](=O)=NC(=O)C12CC3CC(C1)OC(=O)C(C3)C2. The van der Waals surface area contributed by atoms with E-state index in [1.54, 1.807) is 0 Å². The van der Waals surface area contributed by atoms with Crippen LogP contribution in [0.15, 0.2) is 4.36 Å². The zero-order valence-corrected chi connectivity index (χ0v) is 11.6. The zero-order chi connectivity index (χ0) is 13.6. The number of carbonyl (C=O) groups is 2. The Morgan fingerprint density at radius 3 is 2.95 bits per heavy atom. The lowest BCUT2D eigenvalue weighted by Crippen LogP contribution is -2.44. The van der Waals surface area contributed by atoms with Crippen molar-refractivity contribution < 1.29 is 22.7 Å². The number of carbonyl (C=O) groups excluding carboxylic acids is 2. The summed E-state index contributed by atoms with van der Waals surface area (Å²) in [4.78, 5) is 24.2. The van der Waals surface area contributed by atoms with Gasteiger partial charge in [0, 0.05) is 0 Å². The standard InChI is InChI=1S/C12H17NO5S/c1-17-19(16)13-11(15)12-4-7-2-8(5-12)10(14)18-9(3-7)6-12/h7-9,19H,2-6H2,1H3. The summed E-state index contributed by atoms with van der Waals surface area (Å²) in [6.45, 7) is 0. The highest BCUT2D eigenvalue weighted by atomic mass is 32.2. The van der Waals surface area contributed by atoms with Crippen LogP contribution in [0.25, 0.3) is 0 Å². The molecule has 0 spiro atoms. The number of amides is 1. The van der Waals surface area contributed by atoms with Crippen LogP contribution in [-0.4, -0.2) is 29.3 Å². The molecule has 4 aliphatic rings. The largest absolute Gasteiger partial charge is 0.462 e. The number of esters is 1. The van der Waals surface area contributed by atoms with E-state index in [0.29, 0.717) is 18.8 Å². The van der Waals surface area contributed by atoms with Crippen molar-refractivity contribution in [3.8, 4) is 0 Å². The Labute approximate surface area is 113 Å². The van der Waals surface area contributed by atoms with Crippen molar-refractivity contribution in [1.29, 1.82) is 0 Å². The van der Waals surface area contributed by atoms with Gasteiger partial charge < -0.3 is 4.74 Å². The second kappa shape index (κ2) is 4.56. The normalized spacial score (nSPS) is 41.9. The first kappa shape index (κ1) is 13.1. The number of nitrogens with zero attached hydrogens (tertiary/aromatic N) is 1.